The summed E-state index contributed by atoms with van der Waals surface area (Å²) in [6.07, 6.45) is 1.04. The summed E-state index contributed by atoms with van der Waals surface area (Å²) in [4.78, 5) is 21.5. The lowest BCUT2D eigenvalue weighted by Crippen LogP contribution is -2.15. The van der Waals surface area contributed by atoms with Gasteiger partial charge in [0.25, 0.3) is 0 Å². The molecule has 0 spiro atoms. The third-order valence-electron chi connectivity index (χ3n) is 5.54. The van der Waals surface area contributed by atoms with Gasteiger partial charge in [0.05, 0.1) is 146 Å². The first-order chi connectivity index (χ1) is 22.3. The zero-order valence-corrected chi connectivity index (χ0v) is 26.7. The predicted octanol–water partition coefficient (Wildman–Crippen LogP) is 1.61. The van der Waals surface area contributed by atoms with Gasteiger partial charge in [-0.3, -0.25) is 9.59 Å². The monoisotopic (exact) mass is 648 g/mol. The minimum absolute atomic E-state index is 0.242. The zero-order chi connectivity index (χ0) is 32.3. The van der Waals surface area contributed by atoms with Gasteiger partial charge >= 0.3 is 5.97 Å². The molecule has 1 aromatic carbocycles. The molecule has 1 rings (SSSR count). The fraction of sp³-hybridized carbons (Fsp3) is 0.742. The van der Waals surface area contributed by atoms with Crippen LogP contribution >= 0.6 is 0 Å². The van der Waals surface area contributed by atoms with Crippen LogP contribution in [-0.2, 0) is 56.9 Å². The maximum Gasteiger partial charge on any atom is 0.307 e. The molecule has 0 radical (unpaired) electrons. The van der Waals surface area contributed by atoms with E-state index in [2.05, 4.69) is 4.74 Å². The van der Waals surface area contributed by atoms with E-state index in [9.17, 15) is 9.59 Å². The second kappa shape index (κ2) is 33.1. The molecule has 0 fully saturated rings. The lowest BCUT2D eigenvalue weighted by Gasteiger charge is -2.09. The molecular formula is C31H52O14. The summed E-state index contributed by atoms with van der Waals surface area (Å²) in [5, 5.41) is 0. The quantitative estimate of drug-likeness (QED) is 0.0597. The van der Waals surface area contributed by atoms with Crippen molar-refractivity contribution in [3.05, 3.63) is 29.8 Å². The number of carbonyl (C=O) groups excluding carboxylic acids is 2. The Morgan fingerprint density at radius 1 is 0.467 bits per heavy atom. The van der Waals surface area contributed by atoms with Gasteiger partial charge in [-0.15, -0.1) is 0 Å². The number of rotatable bonds is 35. The van der Waals surface area contributed by atoms with E-state index in [-0.39, 0.29) is 12.4 Å². The van der Waals surface area contributed by atoms with Crippen molar-refractivity contribution in [1.82, 2.24) is 0 Å². The van der Waals surface area contributed by atoms with E-state index < -0.39 is 0 Å². The van der Waals surface area contributed by atoms with Crippen molar-refractivity contribution < 1.29 is 66.4 Å². The highest BCUT2D eigenvalue weighted by Crippen LogP contribution is 2.10. The average Bonchev–Trinajstić information content (AvgIpc) is 3.07. The molecule has 14 heteroatoms. The van der Waals surface area contributed by atoms with E-state index in [1.165, 1.54) is 7.11 Å². The van der Waals surface area contributed by atoms with Crippen LogP contribution in [-0.4, -0.2) is 158 Å². The third-order valence-corrected chi connectivity index (χ3v) is 5.54. The van der Waals surface area contributed by atoms with Crippen LogP contribution in [0.5, 0.6) is 5.75 Å². The first kappa shape index (κ1) is 40.8. The first-order valence-corrected chi connectivity index (χ1v) is 15.3. The molecule has 0 amide bonds. The fourth-order valence-corrected chi connectivity index (χ4v) is 3.20. The van der Waals surface area contributed by atoms with E-state index in [1.54, 1.807) is 24.3 Å². The normalized spacial score (nSPS) is 11.1. The molecule has 0 bridgehead atoms. The lowest BCUT2D eigenvalue weighted by molar-refractivity contribution is -0.141. The summed E-state index contributed by atoms with van der Waals surface area (Å²) in [6, 6.07) is 6.92. The van der Waals surface area contributed by atoms with Crippen molar-refractivity contribution in [2.24, 2.45) is 0 Å². The Morgan fingerprint density at radius 3 is 1.04 bits per heavy atom. The minimum Gasteiger partial charge on any atom is -0.491 e. The summed E-state index contributed by atoms with van der Waals surface area (Å²) < 4.78 is 64.3. The zero-order valence-electron chi connectivity index (χ0n) is 26.7. The molecule has 0 saturated heterocycles. The van der Waals surface area contributed by atoms with Gasteiger partial charge in [-0.1, -0.05) is 0 Å². The van der Waals surface area contributed by atoms with Crippen molar-refractivity contribution in [3.63, 3.8) is 0 Å². The van der Waals surface area contributed by atoms with Crippen LogP contribution in [0, 0.1) is 0 Å². The number of carbonyl (C=O) groups is 2. The lowest BCUT2D eigenvalue weighted by atomic mass is 10.2. The van der Waals surface area contributed by atoms with E-state index in [4.69, 9.17) is 52.1 Å². The number of methoxy groups -OCH3 is 1. The van der Waals surface area contributed by atoms with E-state index in [0.29, 0.717) is 150 Å². The third kappa shape index (κ3) is 28.9. The Hall–Kier alpha value is -2.24. The summed E-state index contributed by atoms with van der Waals surface area (Å²) in [5.41, 5.74) is 0.615. The van der Waals surface area contributed by atoms with Crippen molar-refractivity contribution in [1.29, 1.82) is 0 Å². The van der Waals surface area contributed by atoms with Gasteiger partial charge in [0, 0.05) is 5.56 Å². The molecule has 0 unspecified atom stereocenters. The predicted molar refractivity (Wildman–Crippen MR) is 162 cm³/mol. The first-order valence-electron chi connectivity index (χ1n) is 15.3. The van der Waals surface area contributed by atoms with Crippen molar-refractivity contribution in [2.75, 3.05) is 146 Å². The molecule has 0 N–H and O–H groups in total. The summed E-state index contributed by atoms with van der Waals surface area (Å²) in [7, 11) is 1.35. The van der Waals surface area contributed by atoms with E-state index >= 15 is 0 Å². The maximum absolute atomic E-state index is 10.9. The largest absolute Gasteiger partial charge is 0.491 e. The molecule has 0 saturated carbocycles. The molecule has 45 heavy (non-hydrogen) atoms. The van der Waals surface area contributed by atoms with Crippen LogP contribution in [0.15, 0.2) is 24.3 Å². The van der Waals surface area contributed by atoms with Crippen LogP contribution in [0.4, 0.5) is 0 Å². The highest BCUT2D eigenvalue weighted by Gasteiger charge is 2.00. The summed E-state index contributed by atoms with van der Waals surface area (Å²) in [6.45, 7) is 9.83. The molecule has 260 valence electrons. The molecule has 0 aliphatic rings. The van der Waals surface area contributed by atoms with E-state index in [1.807, 2.05) is 0 Å². The van der Waals surface area contributed by atoms with E-state index in [0.717, 1.165) is 6.29 Å². The van der Waals surface area contributed by atoms with Crippen molar-refractivity contribution >= 4 is 12.3 Å². The Morgan fingerprint density at radius 2 is 0.756 bits per heavy atom. The number of benzene rings is 1. The molecule has 0 aliphatic heterocycles. The SMILES string of the molecule is COC(=O)CCOCCOCCOCCOCCOCCOCCOCCOCCOCCOCCOc1ccc(C=O)cc1. The van der Waals surface area contributed by atoms with Crippen LogP contribution in [0.25, 0.3) is 0 Å². The highest BCUT2D eigenvalue weighted by atomic mass is 16.6. The summed E-state index contributed by atoms with van der Waals surface area (Å²) in [5.74, 6) is 0.412. The number of hydrogen-bond donors (Lipinski definition) is 0. The molecular weight excluding hydrogens is 596 g/mol. The fourth-order valence-electron chi connectivity index (χ4n) is 3.20. The Bertz CT molecular complexity index is 780. The van der Waals surface area contributed by atoms with Gasteiger partial charge in [-0.05, 0) is 24.3 Å². The van der Waals surface area contributed by atoms with Gasteiger partial charge in [0.1, 0.15) is 18.6 Å². The van der Waals surface area contributed by atoms with Gasteiger partial charge in [0.2, 0.25) is 0 Å². The minimum atomic E-state index is -0.289. The number of ether oxygens (including phenoxy) is 12. The highest BCUT2D eigenvalue weighted by molar-refractivity contribution is 5.74. The maximum atomic E-state index is 10.9. The summed E-state index contributed by atoms with van der Waals surface area (Å²) >= 11 is 0. The number of esters is 1. The van der Waals surface area contributed by atoms with Gasteiger partial charge in [-0.25, -0.2) is 0 Å². The van der Waals surface area contributed by atoms with Crippen LogP contribution in [0.2, 0.25) is 0 Å². The second-order valence-electron chi connectivity index (χ2n) is 8.99. The van der Waals surface area contributed by atoms with Gasteiger partial charge in [0.15, 0.2) is 0 Å². The second-order valence-corrected chi connectivity index (χ2v) is 8.99. The van der Waals surface area contributed by atoms with Crippen LogP contribution in [0.3, 0.4) is 0 Å². The average molecular weight is 649 g/mol. The number of aldehydes is 1. The topological polar surface area (TPSA) is 145 Å². The smallest absolute Gasteiger partial charge is 0.307 e. The molecule has 0 heterocycles. The van der Waals surface area contributed by atoms with Crippen LogP contribution < -0.4 is 4.74 Å². The van der Waals surface area contributed by atoms with Crippen molar-refractivity contribution in [2.45, 2.75) is 6.42 Å². The van der Waals surface area contributed by atoms with Crippen molar-refractivity contribution in [3.8, 4) is 5.75 Å². The Balaban J connectivity index is 1.64. The number of hydrogen-bond acceptors (Lipinski definition) is 14. The van der Waals surface area contributed by atoms with Gasteiger partial charge in [-0.2, -0.15) is 0 Å². The standard InChI is InChI=1S/C31H52O14/c1-34-31(33)6-7-35-8-9-36-10-11-37-12-13-38-14-15-39-16-17-40-18-19-41-20-21-42-22-23-43-24-25-44-26-27-45-30-4-2-29(28-32)3-5-30/h2-5,28H,6-27H2,1H3. The van der Waals surface area contributed by atoms with Crippen LogP contribution in [0.1, 0.15) is 16.8 Å². The molecule has 14 nitrogen and oxygen atoms in total. The Kier molecular flexibility index (Phi) is 30.0. The molecule has 0 aromatic heterocycles. The molecule has 0 aliphatic carbocycles. The molecule has 0 atom stereocenters. The molecule has 1 aromatic rings. The Labute approximate surface area is 266 Å². The van der Waals surface area contributed by atoms with Gasteiger partial charge < -0.3 is 56.8 Å².